The van der Waals surface area contributed by atoms with E-state index in [0.717, 1.165) is 6.92 Å². The van der Waals surface area contributed by atoms with Gasteiger partial charge < -0.3 is 0 Å². The third-order valence-electron chi connectivity index (χ3n) is 5.11. The summed E-state index contributed by atoms with van der Waals surface area (Å²) >= 11 is 0. The molecular weight excluding hydrogens is 244 g/mol. The topological polar surface area (TPSA) is 17.1 Å². The summed E-state index contributed by atoms with van der Waals surface area (Å²) in [5.74, 6) is -14.2. The zero-order valence-electron chi connectivity index (χ0n) is 28.6. The molecule has 1 nitrogen and oxygen atoms in total. The monoisotopic (exact) mass is 291 g/mol. The van der Waals surface area contributed by atoms with Gasteiger partial charge in [-0.05, 0) is 79.2 Å². The lowest BCUT2D eigenvalue weighted by Gasteiger charge is -2.59. The number of rotatable bonds is 0. The van der Waals surface area contributed by atoms with Gasteiger partial charge in [0.05, 0.1) is 0 Å². The Morgan fingerprint density at radius 2 is 2.10 bits per heavy atom. The zero-order chi connectivity index (χ0) is 29.3. The van der Waals surface area contributed by atoms with Crippen molar-refractivity contribution in [2.24, 2.45) is 34.4 Å². The van der Waals surface area contributed by atoms with Crippen LogP contribution in [0.3, 0.4) is 0 Å². The van der Waals surface area contributed by atoms with Gasteiger partial charge in [-0.2, -0.15) is 0 Å². The van der Waals surface area contributed by atoms with Crippen LogP contribution in [0.15, 0.2) is 0 Å². The summed E-state index contributed by atoms with van der Waals surface area (Å²) < 4.78 is 149. The Morgan fingerprint density at radius 3 is 2.95 bits per heavy atom. The van der Waals surface area contributed by atoms with Crippen molar-refractivity contribution in [2.45, 2.75) is 77.7 Å². The van der Waals surface area contributed by atoms with Gasteiger partial charge in [-0.1, -0.05) is 20.2 Å². The highest BCUT2D eigenvalue weighted by atomic mass is 16.1. The van der Waals surface area contributed by atoms with Crippen molar-refractivity contribution in [3.8, 4) is 0 Å². The number of Topliss-reactive ketones (excluding diaryl/α,β-unsaturated/α-hetero) is 1. The number of carbonyl (C=O) groups excluding carboxylic acids is 1. The molecule has 0 N–H and O–H groups in total. The molecule has 0 aromatic rings. The van der Waals surface area contributed by atoms with Gasteiger partial charge in [-0.15, -0.1) is 0 Å². The summed E-state index contributed by atoms with van der Waals surface area (Å²) in [6, 6.07) is 0. The van der Waals surface area contributed by atoms with E-state index < -0.39 is 97.7 Å². The molecule has 0 radical (unpaired) electrons. The SMILES string of the molecule is [2H]C1([2H])C[C@@]2(C)CC[C@@H]3[C@@]4(C)C([2H])([2H])C([2H])([2H])C(=O)C([2H])([2H])[C@]4([2H])C([2H])([2H])C([2H])([2H])[C@]3([2H])[C@]2([2H])C1([2H])[2H]. The highest BCUT2D eigenvalue weighted by Gasteiger charge is 2.57. The summed E-state index contributed by atoms with van der Waals surface area (Å²) in [6.07, 6.45) is -26.2. The lowest BCUT2D eigenvalue weighted by molar-refractivity contribution is -0.137. The van der Waals surface area contributed by atoms with Gasteiger partial charge in [0.1, 0.15) is 5.78 Å². The first kappa shape index (κ1) is 4.36. The van der Waals surface area contributed by atoms with Gasteiger partial charge in [0.2, 0.25) is 0 Å². The molecule has 112 valence electrons. The first-order chi connectivity index (χ1) is 16.0. The molecule has 1 heteroatoms. The summed E-state index contributed by atoms with van der Waals surface area (Å²) in [6.45, 7) is 2.09. The van der Waals surface area contributed by atoms with Crippen LogP contribution in [0.5, 0.6) is 0 Å². The van der Waals surface area contributed by atoms with E-state index in [0.29, 0.717) is 0 Å². The molecule has 6 atom stereocenters. The van der Waals surface area contributed by atoms with Crippen molar-refractivity contribution in [2.75, 3.05) is 0 Å². The molecule has 0 aromatic heterocycles. The molecule has 0 heterocycles. The zero-order valence-corrected chi connectivity index (χ0v) is 11.6. The molecule has 4 rings (SSSR count). The summed E-state index contributed by atoms with van der Waals surface area (Å²) in [5, 5.41) is 0. The molecule has 4 fully saturated rings. The van der Waals surface area contributed by atoms with Crippen LogP contribution in [0.25, 0.3) is 0 Å². The quantitative estimate of drug-likeness (QED) is 0.614. The van der Waals surface area contributed by atoms with Crippen LogP contribution in [0.1, 0.15) is 101 Å². The van der Waals surface area contributed by atoms with E-state index in [1.807, 2.05) is 0 Å². The highest BCUT2D eigenvalue weighted by molar-refractivity contribution is 5.79. The maximum atomic E-state index is 13.0. The fraction of sp³-hybridized carbons (Fsp3) is 0.947. The first-order valence-corrected chi connectivity index (χ1v) is 7.00. The van der Waals surface area contributed by atoms with Gasteiger partial charge in [0.15, 0.2) is 0 Å². The summed E-state index contributed by atoms with van der Waals surface area (Å²) in [4.78, 5) is 13.0. The maximum Gasteiger partial charge on any atom is 0.133 e. The van der Waals surface area contributed by atoms with Crippen LogP contribution < -0.4 is 0 Å². The third-order valence-corrected chi connectivity index (χ3v) is 5.11. The first-order valence-electron chi connectivity index (χ1n) is 15.5. The van der Waals surface area contributed by atoms with Gasteiger partial charge in [-0.3, -0.25) is 4.79 Å². The molecule has 0 bridgehead atoms. The van der Waals surface area contributed by atoms with E-state index in [1.54, 1.807) is 0 Å². The smallest absolute Gasteiger partial charge is 0.133 e. The van der Waals surface area contributed by atoms with Crippen molar-refractivity contribution in [3.63, 3.8) is 0 Å². The number of ketones is 1. The molecule has 4 aliphatic carbocycles. The fourth-order valence-electron chi connectivity index (χ4n) is 3.76. The van der Waals surface area contributed by atoms with E-state index in [1.165, 1.54) is 6.92 Å². The molecule has 0 amide bonds. The third kappa shape index (κ3) is 1.70. The van der Waals surface area contributed by atoms with Crippen LogP contribution in [0.2, 0.25) is 0 Å². The second-order valence-corrected chi connectivity index (χ2v) is 6.45. The Morgan fingerprint density at radius 1 is 1.25 bits per heavy atom. The number of carbonyl (C=O) groups is 1. The average Bonchev–Trinajstić information content (AvgIpc) is 2.84. The van der Waals surface area contributed by atoms with Crippen molar-refractivity contribution in [3.05, 3.63) is 0 Å². The summed E-state index contributed by atoms with van der Waals surface area (Å²) in [7, 11) is 0. The fourth-order valence-corrected chi connectivity index (χ4v) is 3.76. The largest absolute Gasteiger partial charge is 0.300 e. The van der Waals surface area contributed by atoms with Gasteiger partial charge >= 0.3 is 0 Å². The molecule has 4 aliphatic rings. The molecule has 4 saturated carbocycles. The molecular formula is C19H30O. The van der Waals surface area contributed by atoms with Crippen molar-refractivity contribution in [1.29, 1.82) is 0 Å². The lowest BCUT2D eigenvalue weighted by Crippen LogP contribution is -2.52. The van der Waals surface area contributed by atoms with Crippen molar-refractivity contribution in [1.82, 2.24) is 0 Å². The molecule has 20 heavy (non-hydrogen) atoms. The Bertz CT molecular complexity index is 1080. The molecule has 0 unspecified atom stereocenters. The van der Waals surface area contributed by atoms with E-state index in [9.17, 15) is 7.54 Å². The van der Waals surface area contributed by atoms with Gasteiger partial charge in [-0.25, -0.2) is 0 Å². The normalized spacial score (nSPS) is 96.2. The van der Waals surface area contributed by atoms with E-state index in [2.05, 4.69) is 0 Å². The summed E-state index contributed by atoms with van der Waals surface area (Å²) in [5.41, 5.74) is -4.74. The van der Waals surface area contributed by atoms with Gasteiger partial charge in [0, 0.05) is 36.0 Å². The highest BCUT2D eigenvalue weighted by Crippen LogP contribution is 2.65. The van der Waals surface area contributed by atoms with Crippen LogP contribution in [-0.2, 0) is 4.79 Å². The second-order valence-electron chi connectivity index (χ2n) is 6.45. The van der Waals surface area contributed by atoms with Crippen LogP contribution in [0, 0.1) is 34.4 Å². The lowest BCUT2D eigenvalue weighted by atomic mass is 9.45. The molecule has 0 aromatic carbocycles. The Balaban J connectivity index is 2.23. The number of hydrogen-bond acceptors (Lipinski definition) is 1. The predicted octanol–water partition coefficient (Wildman–Crippen LogP) is 4.99. The molecule has 0 saturated heterocycles. The predicted molar refractivity (Wildman–Crippen MR) is 81.4 cm³/mol. The van der Waals surface area contributed by atoms with E-state index in [-0.39, 0.29) is 6.42 Å². The second kappa shape index (κ2) is 4.34. The number of hydrogen-bond donors (Lipinski definition) is 0. The Kier molecular flexibility index (Phi) is 0.944. The standard InChI is InChI=1S/C19H30O/c1-18-9-3-4-16(18)15-6-5-13-12-14(20)7-11-19(13,2)17(15)8-10-18/h13,15-17H,3-12H2,1-2H3/t13-,15+,16-,17-,18-,19-/m0/s1/i3D2,4D2,5D2,6D2,7D2,11D2,12D2,13D,15D,16D. The van der Waals surface area contributed by atoms with Crippen molar-refractivity contribution >= 4 is 5.78 Å². The minimum absolute atomic E-state index is 0.276. The molecule has 0 aliphatic heterocycles. The van der Waals surface area contributed by atoms with Gasteiger partial charge in [0.25, 0.3) is 0 Å². The minimum Gasteiger partial charge on any atom is -0.300 e. The molecule has 0 spiro atoms. The Labute approximate surface area is 147 Å². The van der Waals surface area contributed by atoms with Crippen LogP contribution >= 0.6 is 0 Å². The maximum absolute atomic E-state index is 13.0. The Hall–Kier alpha value is -0.330. The van der Waals surface area contributed by atoms with E-state index >= 15 is 0 Å². The van der Waals surface area contributed by atoms with E-state index in [4.69, 9.17) is 20.6 Å². The minimum atomic E-state index is -3.95. The number of fused-ring (bicyclic) bond motifs is 5. The van der Waals surface area contributed by atoms with Crippen LogP contribution in [0.4, 0.5) is 0 Å². The van der Waals surface area contributed by atoms with Crippen LogP contribution in [-0.4, -0.2) is 5.78 Å². The average molecular weight is 292 g/mol. The van der Waals surface area contributed by atoms with Crippen molar-refractivity contribution < 1.29 is 28.1 Å².